The van der Waals surface area contributed by atoms with E-state index in [0.717, 1.165) is 23.4 Å². The van der Waals surface area contributed by atoms with Gasteiger partial charge >= 0.3 is 0 Å². The van der Waals surface area contributed by atoms with Gasteiger partial charge in [-0.15, -0.1) is 0 Å². The second-order valence-corrected chi connectivity index (χ2v) is 5.47. The van der Waals surface area contributed by atoms with E-state index in [1.54, 1.807) is 6.20 Å². The average Bonchev–Trinajstić information content (AvgIpc) is 2.92. The van der Waals surface area contributed by atoms with Crippen LogP contribution in [0, 0.1) is 0 Å². The molecule has 3 aromatic rings. The predicted octanol–water partition coefficient (Wildman–Crippen LogP) is 2.90. The van der Waals surface area contributed by atoms with Crippen LogP contribution < -0.4 is 5.32 Å². The molecule has 0 radical (unpaired) electrons. The summed E-state index contributed by atoms with van der Waals surface area (Å²) in [7, 11) is 0. The van der Waals surface area contributed by atoms with E-state index in [-0.39, 0.29) is 5.91 Å². The third-order valence-electron chi connectivity index (χ3n) is 3.69. The zero-order valence-corrected chi connectivity index (χ0v) is 13.2. The van der Waals surface area contributed by atoms with Gasteiger partial charge in [0.1, 0.15) is 11.3 Å². The number of nitrogens with one attached hydrogen (secondary N) is 1. The monoisotopic (exact) mass is 308 g/mol. The Morgan fingerprint density at radius 3 is 2.78 bits per heavy atom. The highest BCUT2D eigenvalue weighted by molar-refractivity contribution is 5.76. The molecule has 0 spiro atoms. The minimum absolute atomic E-state index is 0.0544. The fourth-order valence-electron chi connectivity index (χ4n) is 2.57. The van der Waals surface area contributed by atoms with Gasteiger partial charge in [0.15, 0.2) is 5.65 Å². The number of carbonyl (C=O) groups is 1. The lowest BCUT2D eigenvalue weighted by atomic mass is 10.2. The van der Waals surface area contributed by atoms with Crippen molar-refractivity contribution in [3.63, 3.8) is 0 Å². The Morgan fingerprint density at radius 2 is 2.00 bits per heavy atom. The molecular formula is C18H20N4O. The van der Waals surface area contributed by atoms with E-state index in [1.807, 2.05) is 37.3 Å². The fourth-order valence-corrected chi connectivity index (χ4v) is 2.57. The molecule has 118 valence electrons. The number of carbonyl (C=O) groups excluding carboxylic acids is 1. The van der Waals surface area contributed by atoms with E-state index < -0.39 is 0 Å². The molecule has 0 bridgehead atoms. The van der Waals surface area contributed by atoms with Crippen molar-refractivity contribution in [3.8, 4) is 0 Å². The number of fused-ring (bicyclic) bond motifs is 1. The van der Waals surface area contributed by atoms with Gasteiger partial charge in [0, 0.05) is 12.6 Å². The highest BCUT2D eigenvalue weighted by Gasteiger charge is 2.12. The molecule has 5 nitrogen and oxygen atoms in total. The minimum atomic E-state index is 0.0544. The van der Waals surface area contributed by atoms with Crippen LogP contribution in [0.4, 0.5) is 0 Å². The highest BCUT2D eigenvalue weighted by Crippen LogP contribution is 2.16. The Balaban J connectivity index is 1.90. The Bertz CT molecular complexity index is 795. The maximum absolute atomic E-state index is 11.7. The van der Waals surface area contributed by atoms with Gasteiger partial charge in [0.2, 0.25) is 5.91 Å². The molecule has 0 aliphatic rings. The van der Waals surface area contributed by atoms with E-state index in [1.165, 1.54) is 5.56 Å². The zero-order chi connectivity index (χ0) is 16.1. The lowest BCUT2D eigenvalue weighted by molar-refractivity contribution is -0.121. The molecule has 0 unspecified atom stereocenters. The van der Waals surface area contributed by atoms with Gasteiger partial charge in [-0.2, -0.15) is 0 Å². The van der Waals surface area contributed by atoms with Crippen LogP contribution in [0.15, 0.2) is 48.7 Å². The van der Waals surface area contributed by atoms with Gasteiger partial charge < -0.3 is 9.88 Å². The SMILES string of the molecule is CCCC(=O)NCc1nc2cccnc2n1Cc1ccccc1. The van der Waals surface area contributed by atoms with Gasteiger partial charge in [0.25, 0.3) is 0 Å². The molecule has 0 saturated heterocycles. The van der Waals surface area contributed by atoms with Gasteiger partial charge in [-0.05, 0) is 24.1 Å². The van der Waals surface area contributed by atoms with Crippen molar-refractivity contribution in [1.82, 2.24) is 19.9 Å². The van der Waals surface area contributed by atoms with Gasteiger partial charge in [-0.3, -0.25) is 4.79 Å². The van der Waals surface area contributed by atoms with Crippen molar-refractivity contribution in [2.45, 2.75) is 32.9 Å². The molecule has 23 heavy (non-hydrogen) atoms. The predicted molar refractivity (Wildman–Crippen MR) is 89.8 cm³/mol. The number of benzene rings is 1. The number of hydrogen-bond acceptors (Lipinski definition) is 3. The normalized spacial score (nSPS) is 10.8. The molecular weight excluding hydrogens is 288 g/mol. The van der Waals surface area contributed by atoms with E-state index in [9.17, 15) is 4.79 Å². The molecule has 1 amide bonds. The molecule has 2 aromatic heterocycles. The summed E-state index contributed by atoms with van der Waals surface area (Å²) in [5.41, 5.74) is 2.87. The molecule has 0 aliphatic heterocycles. The van der Waals surface area contributed by atoms with Crippen LogP contribution in [-0.4, -0.2) is 20.4 Å². The highest BCUT2D eigenvalue weighted by atomic mass is 16.1. The first-order chi connectivity index (χ1) is 11.3. The molecule has 1 N–H and O–H groups in total. The number of aromatic nitrogens is 3. The maximum Gasteiger partial charge on any atom is 0.220 e. The minimum Gasteiger partial charge on any atom is -0.349 e. The second kappa shape index (κ2) is 7.05. The number of imidazole rings is 1. The first kappa shape index (κ1) is 15.2. The van der Waals surface area contributed by atoms with E-state index in [4.69, 9.17) is 0 Å². The number of hydrogen-bond donors (Lipinski definition) is 1. The first-order valence-electron chi connectivity index (χ1n) is 7.88. The van der Waals surface area contributed by atoms with Crippen molar-refractivity contribution in [1.29, 1.82) is 0 Å². The fraction of sp³-hybridized carbons (Fsp3) is 0.278. The smallest absolute Gasteiger partial charge is 0.220 e. The van der Waals surface area contributed by atoms with Gasteiger partial charge in [-0.1, -0.05) is 37.3 Å². The summed E-state index contributed by atoms with van der Waals surface area (Å²) in [6, 6.07) is 14.0. The van der Waals surface area contributed by atoms with E-state index >= 15 is 0 Å². The summed E-state index contributed by atoms with van der Waals surface area (Å²) >= 11 is 0. The van der Waals surface area contributed by atoms with Gasteiger partial charge in [0.05, 0.1) is 13.1 Å². The molecule has 1 aromatic carbocycles. The van der Waals surface area contributed by atoms with Crippen molar-refractivity contribution in [3.05, 3.63) is 60.0 Å². The number of amides is 1. The Labute approximate surface area is 135 Å². The summed E-state index contributed by atoms with van der Waals surface area (Å²) in [4.78, 5) is 20.8. The lowest BCUT2D eigenvalue weighted by Gasteiger charge is -2.09. The molecule has 0 saturated carbocycles. The van der Waals surface area contributed by atoms with Crippen LogP contribution >= 0.6 is 0 Å². The molecule has 0 aliphatic carbocycles. The molecule has 5 heteroatoms. The van der Waals surface area contributed by atoms with Crippen molar-refractivity contribution in [2.24, 2.45) is 0 Å². The Morgan fingerprint density at radius 1 is 1.17 bits per heavy atom. The molecule has 2 heterocycles. The average molecular weight is 308 g/mol. The molecule has 0 atom stereocenters. The third-order valence-corrected chi connectivity index (χ3v) is 3.69. The number of nitrogens with zero attached hydrogens (tertiary/aromatic N) is 3. The Kier molecular flexibility index (Phi) is 4.66. The van der Waals surface area contributed by atoms with Crippen LogP contribution in [-0.2, 0) is 17.9 Å². The topological polar surface area (TPSA) is 59.8 Å². The lowest BCUT2D eigenvalue weighted by Crippen LogP contribution is -2.24. The first-order valence-corrected chi connectivity index (χ1v) is 7.88. The van der Waals surface area contributed by atoms with Crippen molar-refractivity contribution in [2.75, 3.05) is 0 Å². The van der Waals surface area contributed by atoms with Crippen molar-refractivity contribution < 1.29 is 4.79 Å². The summed E-state index contributed by atoms with van der Waals surface area (Å²) in [5, 5.41) is 2.94. The van der Waals surface area contributed by atoms with Crippen LogP contribution in [0.2, 0.25) is 0 Å². The number of pyridine rings is 1. The van der Waals surface area contributed by atoms with Crippen molar-refractivity contribution >= 4 is 17.1 Å². The van der Waals surface area contributed by atoms with Crippen LogP contribution in [0.5, 0.6) is 0 Å². The largest absolute Gasteiger partial charge is 0.349 e. The zero-order valence-electron chi connectivity index (χ0n) is 13.2. The second-order valence-electron chi connectivity index (χ2n) is 5.47. The standard InChI is InChI=1S/C18H20N4O/c1-2-7-17(23)20-12-16-21-15-10-6-11-19-18(15)22(16)13-14-8-4-3-5-9-14/h3-6,8-11H,2,7,12-13H2,1H3,(H,20,23). The quantitative estimate of drug-likeness (QED) is 0.761. The van der Waals surface area contributed by atoms with E-state index in [0.29, 0.717) is 19.5 Å². The van der Waals surface area contributed by atoms with Crippen LogP contribution in [0.3, 0.4) is 0 Å². The third kappa shape index (κ3) is 3.56. The summed E-state index contributed by atoms with van der Waals surface area (Å²) in [6.07, 6.45) is 3.15. The van der Waals surface area contributed by atoms with Crippen LogP contribution in [0.1, 0.15) is 31.2 Å². The summed E-state index contributed by atoms with van der Waals surface area (Å²) < 4.78 is 2.07. The maximum atomic E-state index is 11.7. The number of rotatable bonds is 6. The molecule has 0 fully saturated rings. The van der Waals surface area contributed by atoms with Gasteiger partial charge in [-0.25, -0.2) is 9.97 Å². The Hall–Kier alpha value is -2.69. The van der Waals surface area contributed by atoms with E-state index in [2.05, 4.69) is 32.0 Å². The summed E-state index contributed by atoms with van der Waals surface area (Å²) in [6.45, 7) is 3.10. The molecule has 3 rings (SSSR count). The summed E-state index contributed by atoms with van der Waals surface area (Å²) in [5.74, 6) is 0.880. The van der Waals surface area contributed by atoms with Crippen LogP contribution in [0.25, 0.3) is 11.2 Å².